The number of aromatic nitrogens is 2. The molecule has 1 heterocycles. The van der Waals surface area contributed by atoms with Gasteiger partial charge in [0.1, 0.15) is 0 Å². The van der Waals surface area contributed by atoms with E-state index in [2.05, 4.69) is 10.4 Å². The molecule has 2 aromatic carbocycles. The Kier molecular flexibility index (Phi) is 5.98. The van der Waals surface area contributed by atoms with Crippen LogP contribution in [0.3, 0.4) is 0 Å². The topological polar surface area (TPSA) is 73.2 Å². The van der Waals surface area contributed by atoms with Crippen molar-refractivity contribution in [3.63, 3.8) is 0 Å². The van der Waals surface area contributed by atoms with Gasteiger partial charge in [-0.3, -0.25) is 9.59 Å². The van der Waals surface area contributed by atoms with E-state index in [0.29, 0.717) is 30.3 Å². The fourth-order valence-corrected chi connectivity index (χ4v) is 2.91. The van der Waals surface area contributed by atoms with E-state index in [1.165, 1.54) is 4.68 Å². The molecule has 140 valence electrons. The highest BCUT2D eigenvalue weighted by Gasteiger charge is 2.15. The van der Waals surface area contributed by atoms with E-state index in [1.54, 1.807) is 31.3 Å². The molecule has 27 heavy (non-hydrogen) atoms. The minimum Gasteiger partial charge on any atom is -0.374 e. The fraction of sp³-hybridized carbons (Fsp3) is 0.286. The van der Waals surface area contributed by atoms with Gasteiger partial charge in [-0.1, -0.05) is 48.5 Å². The van der Waals surface area contributed by atoms with E-state index in [1.807, 2.05) is 37.3 Å². The molecule has 0 spiro atoms. The second-order valence-corrected chi connectivity index (χ2v) is 6.36. The third-order valence-corrected chi connectivity index (χ3v) is 4.42. The number of carbonyl (C=O) groups excluding carboxylic acids is 1. The number of aryl methyl sites for hydroxylation is 1. The average Bonchev–Trinajstić information content (AvgIpc) is 2.70. The van der Waals surface area contributed by atoms with Gasteiger partial charge in [-0.05, 0) is 25.0 Å². The standard InChI is InChI=1S/C21H23N3O3/c1-15(16-9-4-3-5-10-16)27-14-8-13-22-20(25)19-17-11-6-7-12-18(17)21(26)24(2)23-19/h3-7,9-12,15H,8,13-14H2,1-2H3,(H,22,25)/t15-/m1/s1. The van der Waals surface area contributed by atoms with E-state index < -0.39 is 0 Å². The molecular formula is C21H23N3O3. The zero-order valence-corrected chi connectivity index (χ0v) is 15.5. The van der Waals surface area contributed by atoms with E-state index in [9.17, 15) is 9.59 Å². The first-order chi connectivity index (χ1) is 13.1. The summed E-state index contributed by atoms with van der Waals surface area (Å²) in [6.07, 6.45) is 0.697. The van der Waals surface area contributed by atoms with Crippen molar-refractivity contribution in [2.45, 2.75) is 19.4 Å². The van der Waals surface area contributed by atoms with Crippen molar-refractivity contribution < 1.29 is 9.53 Å². The molecule has 1 aromatic heterocycles. The first-order valence-corrected chi connectivity index (χ1v) is 8.98. The molecule has 0 radical (unpaired) electrons. The Labute approximate surface area is 157 Å². The van der Waals surface area contributed by atoms with E-state index >= 15 is 0 Å². The van der Waals surface area contributed by atoms with Crippen molar-refractivity contribution in [1.82, 2.24) is 15.1 Å². The summed E-state index contributed by atoms with van der Waals surface area (Å²) in [5.41, 5.74) is 1.17. The van der Waals surface area contributed by atoms with Crippen LogP contribution in [0.5, 0.6) is 0 Å². The maximum absolute atomic E-state index is 12.5. The third-order valence-electron chi connectivity index (χ3n) is 4.42. The first-order valence-electron chi connectivity index (χ1n) is 8.98. The predicted octanol–water partition coefficient (Wildman–Crippen LogP) is 2.83. The summed E-state index contributed by atoms with van der Waals surface area (Å²) in [7, 11) is 1.55. The van der Waals surface area contributed by atoms with Crippen LogP contribution in [-0.4, -0.2) is 28.8 Å². The van der Waals surface area contributed by atoms with Gasteiger partial charge in [0.2, 0.25) is 0 Å². The molecule has 3 aromatic rings. The Hall–Kier alpha value is -2.99. The van der Waals surface area contributed by atoms with Gasteiger partial charge in [0.25, 0.3) is 11.5 Å². The minimum absolute atomic E-state index is 0.0103. The van der Waals surface area contributed by atoms with E-state index in [4.69, 9.17) is 4.74 Å². The normalized spacial score (nSPS) is 12.1. The lowest BCUT2D eigenvalue weighted by atomic mass is 10.1. The number of benzene rings is 2. The summed E-state index contributed by atoms with van der Waals surface area (Å²) in [6.45, 7) is 3.02. The van der Waals surface area contributed by atoms with Gasteiger partial charge in [0, 0.05) is 25.6 Å². The number of carbonyl (C=O) groups is 1. The monoisotopic (exact) mass is 365 g/mol. The summed E-state index contributed by atoms with van der Waals surface area (Å²) in [6, 6.07) is 17.0. The van der Waals surface area contributed by atoms with Crippen molar-refractivity contribution in [2.75, 3.05) is 13.2 Å². The number of nitrogens with zero attached hydrogens (tertiary/aromatic N) is 2. The van der Waals surface area contributed by atoms with Crippen LogP contribution in [0.1, 0.15) is 35.5 Å². The van der Waals surface area contributed by atoms with Crippen molar-refractivity contribution in [3.05, 3.63) is 76.2 Å². The molecule has 1 atom stereocenters. The molecule has 6 heteroatoms. The lowest BCUT2D eigenvalue weighted by Crippen LogP contribution is -2.30. The van der Waals surface area contributed by atoms with Crippen LogP contribution < -0.4 is 10.9 Å². The number of fused-ring (bicyclic) bond motifs is 1. The molecule has 0 aliphatic heterocycles. The smallest absolute Gasteiger partial charge is 0.274 e. The van der Waals surface area contributed by atoms with E-state index in [0.717, 1.165) is 5.56 Å². The summed E-state index contributed by atoms with van der Waals surface area (Å²) in [5, 5.41) is 8.03. The molecule has 0 aliphatic carbocycles. The third kappa shape index (κ3) is 4.41. The van der Waals surface area contributed by atoms with Crippen molar-refractivity contribution in [3.8, 4) is 0 Å². The summed E-state index contributed by atoms with van der Waals surface area (Å²) in [4.78, 5) is 24.6. The van der Waals surface area contributed by atoms with Gasteiger partial charge >= 0.3 is 0 Å². The molecule has 3 rings (SSSR count). The minimum atomic E-state index is -0.294. The van der Waals surface area contributed by atoms with Gasteiger partial charge in [-0.2, -0.15) is 5.10 Å². The first kappa shape index (κ1) is 18.8. The van der Waals surface area contributed by atoms with Gasteiger partial charge < -0.3 is 10.1 Å². The van der Waals surface area contributed by atoms with Gasteiger partial charge in [0.05, 0.1) is 11.5 Å². The molecule has 0 saturated carbocycles. The summed E-state index contributed by atoms with van der Waals surface area (Å²) >= 11 is 0. The molecule has 0 aliphatic rings. The molecule has 1 amide bonds. The number of nitrogens with one attached hydrogen (secondary N) is 1. The summed E-state index contributed by atoms with van der Waals surface area (Å²) < 4.78 is 7.00. The number of rotatable bonds is 7. The maximum atomic E-state index is 12.5. The molecule has 6 nitrogen and oxygen atoms in total. The Bertz CT molecular complexity index is 983. The van der Waals surface area contributed by atoms with Crippen LogP contribution in [0.15, 0.2) is 59.4 Å². The zero-order chi connectivity index (χ0) is 19.2. The summed E-state index contributed by atoms with van der Waals surface area (Å²) in [5.74, 6) is -0.294. The Morgan fingerprint density at radius 3 is 2.52 bits per heavy atom. The molecule has 0 bridgehead atoms. The van der Waals surface area contributed by atoms with Crippen molar-refractivity contribution in [2.24, 2.45) is 7.05 Å². The molecule has 0 fully saturated rings. The zero-order valence-electron chi connectivity index (χ0n) is 15.5. The van der Waals surface area contributed by atoms with Gasteiger partial charge in [-0.25, -0.2) is 4.68 Å². The maximum Gasteiger partial charge on any atom is 0.274 e. The van der Waals surface area contributed by atoms with Crippen LogP contribution in [0.25, 0.3) is 10.8 Å². The van der Waals surface area contributed by atoms with Crippen molar-refractivity contribution >= 4 is 16.7 Å². The fourth-order valence-electron chi connectivity index (χ4n) is 2.91. The lowest BCUT2D eigenvalue weighted by molar-refractivity contribution is 0.0634. The number of ether oxygens (including phenoxy) is 1. The van der Waals surface area contributed by atoms with Crippen LogP contribution in [0.2, 0.25) is 0 Å². The highest BCUT2D eigenvalue weighted by Crippen LogP contribution is 2.16. The second kappa shape index (κ2) is 8.60. The van der Waals surface area contributed by atoms with Gasteiger partial charge in [-0.15, -0.1) is 0 Å². The Morgan fingerprint density at radius 1 is 1.11 bits per heavy atom. The van der Waals surface area contributed by atoms with Crippen LogP contribution in [-0.2, 0) is 11.8 Å². The molecule has 0 unspecified atom stereocenters. The average molecular weight is 365 g/mol. The largest absolute Gasteiger partial charge is 0.374 e. The Balaban J connectivity index is 1.55. The quantitative estimate of drug-likeness (QED) is 0.654. The second-order valence-electron chi connectivity index (χ2n) is 6.36. The van der Waals surface area contributed by atoms with Crippen molar-refractivity contribution in [1.29, 1.82) is 0 Å². The molecular weight excluding hydrogens is 342 g/mol. The Morgan fingerprint density at radius 2 is 1.78 bits per heavy atom. The van der Waals surface area contributed by atoms with Gasteiger partial charge in [0.15, 0.2) is 5.69 Å². The lowest BCUT2D eigenvalue weighted by Gasteiger charge is -2.13. The molecule has 0 saturated heterocycles. The number of hydrogen-bond acceptors (Lipinski definition) is 4. The highest BCUT2D eigenvalue weighted by molar-refractivity contribution is 6.04. The SMILES string of the molecule is C[C@@H](OCCCNC(=O)c1nn(C)c(=O)c2ccccc12)c1ccccc1. The van der Waals surface area contributed by atoms with Crippen LogP contribution in [0, 0.1) is 0 Å². The molecule has 1 N–H and O–H groups in total. The van der Waals surface area contributed by atoms with E-state index in [-0.39, 0.29) is 23.3 Å². The van der Waals surface area contributed by atoms with Crippen LogP contribution >= 0.6 is 0 Å². The van der Waals surface area contributed by atoms with Crippen LogP contribution in [0.4, 0.5) is 0 Å². The predicted molar refractivity (Wildman–Crippen MR) is 105 cm³/mol. The number of hydrogen-bond donors (Lipinski definition) is 1. The number of amides is 1. The highest BCUT2D eigenvalue weighted by atomic mass is 16.5.